The highest BCUT2D eigenvalue weighted by Gasteiger charge is 2.26. The van der Waals surface area contributed by atoms with E-state index in [1.54, 1.807) is 16.3 Å². The van der Waals surface area contributed by atoms with Crippen LogP contribution in [0, 0.1) is 5.92 Å². The van der Waals surface area contributed by atoms with Gasteiger partial charge in [-0.25, -0.2) is 9.48 Å². The molecule has 0 aliphatic carbocycles. The number of benzene rings is 1. The molecule has 2 heterocycles. The van der Waals surface area contributed by atoms with Crippen molar-refractivity contribution in [3.8, 4) is 0 Å². The van der Waals surface area contributed by atoms with E-state index in [0.29, 0.717) is 44.8 Å². The van der Waals surface area contributed by atoms with E-state index in [4.69, 9.17) is 0 Å². The molecule has 2 aromatic rings. The van der Waals surface area contributed by atoms with Crippen molar-refractivity contribution in [1.82, 2.24) is 23.4 Å². The van der Waals surface area contributed by atoms with Gasteiger partial charge in [0.1, 0.15) is 5.82 Å². The smallest absolute Gasteiger partial charge is 0.279 e. The Labute approximate surface area is 172 Å². The molecule has 0 bridgehead atoms. The van der Waals surface area contributed by atoms with Crippen LogP contribution in [0.3, 0.4) is 0 Å². The lowest BCUT2D eigenvalue weighted by molar-refractivity contribution is 0.425. The zero-order chi connectivity index (χ0) is 21.0. The van der Waals surface area contributed by atoms with E-state index >= 15 is 0 Å². The van der Waals surface area contributed by atoms with Crippen LogP contribution in [0.5, 0.6) is 0 Å². The molecule has 0 saturated carbocycles. The number of hydrogen-bond acceptors (Lipinski definition) is 4. The van der Waals surface area contributed by atoms with Crippen molar-refractivity contribution in [2.24, 2.45) is 5.92 Å². The summed E-state index contributed by atoms with van der Waals surface area (Å²) in [7, 11) is -2.04. The monoisotopic (exact) mass is 421 g/mol. The average Bonchev–Trinajstić information content (AvgIpc) is 2.84. The second-order valence-electron chi connectivity index (χ2n) is 8.14. The molecular formula is C20H31N5O3S. The standard InChI is InChI=1S/C20H31N5O3S/c1-16(2)11-14-25-20(26)24-13-12-18(9-10-19(24)21-25)22-29(27,28)23(3)15-17-7-5-4-6-8-17/h4-8,16,18,22H,9-15H2,1-3H3. The summed E-state index contributed by atoms with van der Waals surface area (Å²) in [6.07, 6.45) is 2.69. The number of fused-ring (bicyclic) bond motifs is 1. The third kappa shape index (κ3) is 5.55. The van der Waals surface area contributed by atoms with Gasteiger partial charge in [0, 0.05) is 39.1 Å². The van der Waals surface area contributed by atoms with Crippen molar-refractivity contribution in [2.45, 2.75) is 65.2 Å². The molecule has 1 aliphatic heterocycles. The van der Waals surface area contributed by atoms with E-state index in [1.165, 1.54) is 4.31 Å². The first kappa shape index (κ1) is 21.7. The van der Waals surface area contributed by atoms with Gasteiger partial charge in [0.25, 0.3) is 10.2 Å². The molecule has 3 rings (SSSR count). The minimum Gasteiger partial charge on any atom is -0.279 e. The maximum absolute atomic E-state index is 12.7. The molecule has 0 radical (unpaired) electrons. The molecule has 1 atom stereocenters. The SMILES string of the molecule is CC(C)CCn1nc2n(c1=O)CCC(NS(=O)(=O)N(C)Cc1ccccc1)CC2. The molecule has 9 heteroatoms. The van der Waals surface area contributed by atoms with Crippen LogP contribution < -0.4 is 10.4 Å². The molecule has 0 amide bonds. The molecule has 1 aromatic heterocycles. The number of nitrogens with one attached hydrogen (secondary N) is 1. The predicted octanol–water partition coefficient (Wildman–Crippen LogP) is 1.76. The van der Waals surface area contributed by atoms with Crippen molar-refractivity contribution in [3.05, 3.63) is 52.2 Å². The molecule has 0 spiro atoms. The molecule has 1 aromatic carbocycles. The van der Waals surface area contributed by atoms with Crippen molar-refractivity contribution in [3.63, 3.8) is 0 Å². The van der Waals surface area contributed by atoms with Crippen LogP contribution in [0.15, 0.2) is 35.1 Å². The van der Waals surface area contributed by atoms with Crippen LogP contribution in [-0.4, -0.2) is 40.2 Å². The summed E-state index contributed by atoms with van der Waals surface area (Å²) in [5, 5.41) is 4.48. The van der Waals surface area contributed by atoms with Gasteiger partial charge in [0.05, 0.1) is 0 Å². The van der Waals surface area contributed by atoms with Crippen LogP contribution in [0.2, 0.25) is 0 Å². The summed E-state index contributed by atoms with van der Waals surface area (Å²) in [5.41, 5.74) is 0.841. The van der Waals surface area contributed by atoms with Crippen LogP contribution in [0.1, 0.15) is 44.5 Å². The van der Waals surface area contributed by atoms with Crippen LogP contribution >= 0.6 is 0 Å². The molecule has 160 valence electrons. The third-order valence-corrected chi connectivity index (χ3v) is 6.89. The van der Waals surface area contributed by atoms with Crippen LogP contribution in [0.25, 0.3) is 0 Å². The van der Waals surface area contributed by atoms with Crippen LogP contribution in [-0.2, 0) is 36.3 Å². The van der Waals surface area contributed by atoms with Gasteiger partial charge in [-0.05, 0) is 30.7 Å². The quantitative estimate of drug-likeness (QED) is 0.703. The summed E-state index contributed by atoms with van der Waals surface area (Å²) >= 11 is 0. The van der Waals surface area contributed by atoms with Gasteiger partial charge >= 0.3 is 5.69 Å². The molecule has 29 heavy (non-hydrogen) atoms. The zero-order valence-corrected chi connectivity index (χ0v) is 18.2. The normalized spacial score (nSPS) is 17.5. The van der Waals surface area contributed by atoms with Gasteiger partial charge in [-0.15, -0.1) is 0 Å². The van der Waals surface area contributed by atoms with Crippen molar-refractivity contribution in [1.29, 1.82) is 0 Å². The first-order valence-corrected chi connectivity index (χ1v) is 11.6. The Bertz CT molecular complexity index is 966. The lowest BCUT2D eigenvalue weighted by Gasteiger charge is -2.22. The molecule has 1 unspecified atom stereocenters. The van der Waals surface area contributed by atoms with Gasteiger partial charge in [-0.3, -0.25) is 4.57 Å². The fourth-order valence-electron chi connectivity index (χ4n) is 3.50. The molecule has 0 fully saturated rings. The van der Waals surface area contributed by atoms with E-state index in [9.17, 15) is 13.2 Å². The fourth-order valence-corrected chi connectivity index (χ4v) is 4.65. The average molecular weight is 422 g/mol. The summed E-state index contributed by atoms with van der Waals surface area (Å²) in [5.74, 6) is 1.26. The second-order valence-corrected chi connectivity index (χ2v) is 9.95. The van der Waals surface area contributed by atoms with Crippen molar-refractivity contribution >= 4 is 10.2 Å². The van der Waals surface area contributed by atoms with E-state index < -0.39 is 10.2 Å². The molecule has 1 aliphatic rings. The molecule has 8 nitrogen and oxygen atoms in total. The zero-order valence-electron chi connectivity index (χ0n) is 17.4. The number of aromatic nitrogens is 3. The number of aryl methyl sites for hydroxylation is 2. The minimum atomic E-state index is -3.61. The maximum Gasteiger partial charge on any atom is 0.345 e. The molecular weight excluding hydrogens is 390 g/mol. The van der Waals surface area contributed by atoms with E-state index in [-0.39, 0.29) is 11.7 Å². The third-order valence-electron chi connectivity index (χ3n) is 5.31. The largest absolute Gasteiger partial charge is 0.345 e. The predicted molar refractivity (Wildman–Crippen MR) is 113 cm³/mol. The Morgan fingerprint density at radius 1 is 1.24 bits per heavy atom. The lowest BCUT2D eigenvalue weighted by atomic mass is 10.1. The Morgan fingerprint density at radius 3 is 2.66 bits per heavy atom. The van der Waals surface area contributed by atoms with Gasteiger partial charge < -0.3 is 0 Å². The van der Waals surface area contributed by atoms with Crippen molar-refractivity contribution < 1.29 is 8.42 Å². The van der Waals surface area contributed by atoms with Gasteiger partial charge in [-0.2, -0.15) is 22.5 Å². The topological polar surface area (TPSA) is 89.2 Å². The van der Waals surface area contributed by atoms with Gasteiger partial charge in [0.15, 0.2) is 0 Å². The lowest BCUT2D eigenvalue weighted by Crippen LogP contribution is -2.43. The fraction of sp³-hybridized carbons (Fsp3) is 0.600. The number of nitrogens with zero attached hydrogens (tertiary/aromatic N) is 4. The van der Waals surface area contributed by atoms with E-state index in [1.807, 2.05) is 30.3 Å². The maximum atomic E-state index is 12.7. The van der Waals surface area contributed by atoms with Crippen LogP contribution in [0.4, 0.5) is 0 Å². The summed E-state index contributed by atoms with van der Waals surface area (Å²) < 4.78 is 32.8. The minimum absolute atomic E-state index is 0.0923. The first-order valence-electron chi connectivity index (χ1n) is 10.2. The highest BCUT2D eigenvalue weighted by atomic mass is 32.2. The second kappa shape index (κ2) is 9.23. The Kier molecular flexibility index (Phi) is 6.92. The van der Waals surface area contributed by atoms with E-state index in [2.05, 4.69) is 23.7 Å². The highest BCUT2D eigenvalue weighted by Crippen LogP contribution is 2.15. The van der Waals surface area contributed by atoms with Gasteiger partial charge in [-0.1, -0.05) is 44.2 Å². The first-order chi connectivity index (χ1) is 13.8. The van der Waals surface area contributed by atoms with E-state index in [0.717, 1.165) is 17.8 Å². The summed E-state index contributed by atoms with van der Waals surface area (Å²) in [6, 6.07) is 9.28. The van der Waals surface area contributed by atoms with Gasteiger partial charge in [0.2, 0.25) is 0 Å². The number of hydrogen-bond donors (Lipinski definition) is 1. The highest BCUT2D eigenvalue weighted by molar-refractivity contribution is 7.87. The Balaban J connectivity index is 1.61. The Morgan fingerprint density at radius 2 is 1.97 bits per heavy atom. The van der Waals surface area contributed by atoms with Crippen molar-refractivity contribution in [2.75, 3.05) is 7.05 Å². The number of rotatable bonds is 8. The molecule has 1 N–H and O–H groups in total. The Hall–Kier alpha value is -1.97. The summed E-state index contributed by atoms with van der Waals surface area (Å²) in [4.78, 5) is 12.6. The molecule has 0 saturated heterocycles. The summed E-state index contributed by atoms with van der Waals surface area (Å²) in [6.45, 7) is 5.66.